The van der Waals surface area contributed by atoms with Crippen molar-refractivity contribution < 1.29 is 17.6 Å². The van der Waals surface area contributed by atoms with Gasteiger partial charge in [0.25, 0.3) is 0 Å². The molecule has 0 aliphatic carbocycles. The van der Waals surface area contributed by atoms with Gasteiger partial charge in [0.05, 0.1) is 17.2 Å². The minimum Gasteiger partial charge on any atom is -0.294 e. The van der Waals surface area contributed by atoms with Gasteiger partial charge in [-0.2, -0.15) is 0 Å². The van der Waals surface area contributed by atoms with Gasteiger partial charge in [0.2, 0.25) is 0 Å². The van der Waals surface area contributed by atoms with Crippen LogP contribution >= 0.6 is 0 Å². The molecule has 1 atom stereocenters. The number of imidazole rings is 1. The minimum absolute atomic E-state index is 0.0213. The van der Waals surface area contributed by atoms with Gasteiger partial charge in [-0.1, -0.05) is 20.8 Å². The summed E-state index contributed by atoms with van der Waals surface area (Å²) in [4.78, 5) is 22.4. The number of hydrogen-bond acceptors (Lipinski definition) is 5. The van der Waals surface area contributed by atoms with Crippen LogP contribution < -0.4 is 0 Å². The van der Waals surface area contributed by atoms with E-state index in [0.29, 0.717) is 29.1 Å². The zero-order chi connectivity index (χ0) is 23.1. The molecule has 1 aromatic carbocycles. The molecule has 1 unspecified atom stereocenters. The molecule has 3 heterocycles. The van der Waals surface area contributed by atoms with E-state index in [0.717, 1.165) is 5.82 Å². The van der Waals surface area contributed by atoms with Gasteiger partial charge in [0, 0.05) is 35.9 Å². The maximum Gasteiger partial charge on any atom is 0.163 e. The van der Waals surface area contributed by atoms with Crippen LogP contribution in [0.25, 0.3) is 17.1 Å². The van der Waals surface area contributed by atoms with Crippen molar-refractivity contribution in [3.05, 3.63) is 66.0 Å². The summed E-state index contributed by atoms with van der Waals surface area (Å²) in [5.41, 5.74) is 1.10. The largest absolute Gasteiger partial charge is 0.294 e. The van der Waals surface area contributed by atoms with E-state index in [1.807, 2.05) is 25.3 Å². The number of nitrogens with zero attached hydrogens (tertiary/aromatic N) is 3. The zero-order valence-electron chi connectivity index (χ0n) is 18.4. The fourth-order valence-corrected chi connectivity index (χ4v) is 6.47. The predicted octanol–water partition coefficient (Wildman–Crippen LogP) is 4.59. The molecule has 1 aliphatic rings. The Bertz CT molecular complexity index is 1270. The Labute approximate surface area is 187 Å². The molecule has 1 aliphatic heterocycles. The highest BCUT2D eigenvalue weighted by atomic mass is 32.2. The highest BCUT2D eigenvalue weighted by molar-refractivity contribution is 7.91. The molecule has 1 saturated heterocycles. The molecule has 3 aromatic rings. The second-order valence-electron chi connectivity index (χ2n) is 9.17. The lowest BCUT2D eigenvalue weighted by atomic mass is 9.83. The van der Waals surface area contributed by atoms with Gasteiger partial charge < -0.3 is 0 Å². The molecule has 0 bridgehead atoms. The topological polar surface area (TPSA) is 81.9 Å². The van der Waals surface area contributed by atoms with Crippen molar-refractivity contribution in [3.63, 3.8) is 0 Å². The van der Waals surface area contributed by atoms with E-state index in [-0.39, 0.29) is 35.4 Å². The van der Waals surface area contributed by atoms with Gasteiger partial charge in [-0.15, -0.1) is 0 Å². The third-order valence-electron chi connectivity index (χ3n) is 5.88. The van der Waals surface area contributed by atoms with Crippen LogP contribution in [-0.2, 0) is 9.84 Å². The molecule has 32 heavy (non-hydrogen) atoms. The van der Waals surface area contributed by atoms with E-state index < -0.39 is 15.3 Å². The van der Waals surface area contributed by atoms with Gasteiger partial charge in [0.1, 0.15) is 17.5 Å². The molecular weight excluding hydrogens is 429 g/mol. The molecular formula is C24H26FN3O3S. The molecule has 168 valence electrons. The molecule has 0 amide bonds. The third kappa shape index (κ3) is 4.65. The van der Waals surface area contributed by atoms with Gasteiger partial charge in [-0.25, -0.2) is 22.8 Å². The number of halogens is 1. The first kappa shape index (κ1) is 22.3. The quantitative estimate of drug-likeness (QED) is 0.508. The minimum atomic E-state index is -3.11. The van der Waals surface area contributed by atoms with Crippen LogP contribution in [0.2, 0.25) is 0 Å². The second-order valence-corrected chi connectivity index (χ2v) is 11.4. The molecule has 4 rings (SSSR count). The second kappa shape index (κ2) is 8.24. The van der Waals surface area contributed by atoms with Crippen LogP contribution in [-0.4, -0.2) is 40.2 Å². The van der Waals surface area contributed by atoms with Crippen molar-refractivity contribution in [1.82, 2.24) is 14.5 Å². The van der Waals surface area contributed by atoms with Crippen molar-refractivity contribution >= 4 is 15.6 Å². The fraction of sp³-hybridized carbons (Fsp3) is 0.375. The molecule has 8 heteroatoms. The Morgan fingerprint density at radius 2 is 1.94 bits per heavy atom. The van der Waals surface area contributed by atoms with Crippen molar-refractivity contribution in [1.29, 1.82) is 0 Å². The standard InChI is InChI=1S/C24H26FN3O3S/c1-16(2)23-26-9-10-28(23)22-13-18(12-20(27-22)17-4-6-19(25)7-5-17)21(29)14-24(3)8-11-32(30,31)15-24/h4-7,9-10,12-13,16H,8,11,14-15H2,1-3H3. The van der Waals surface area contributed by atoms with Gasteiger partial charge in [-0.05, 0) is 48.2 Å². The van der Waals surface area contributed by atoms with Crippen LogP contribution in [0, 0.1) is 11.2 Å². The summed E-state index contributed by atoms with van der Waals surface area (Å²) in [6.45, 7) is 5.90. The first-order valence-corrected chi connectivity index (χ1v) is 12.4. The maximum absolute atomic E-state index is 13.5. The molecule has 6 nitrogen and oxygen atoms in total. The highest BCUT2D eigenvalue weighted by Crippen LogP contribution is 2.36. The van der Waals surface area contributed by atoms with Gasteiger partial charge in [-0.3, -0.25) is 9.36 Å². The number of aromatic nitrogens is 3. The number of rotatable bonds is 6. The Morgan fingerprint density at radius 1 is 1.22 bits per heavy atom. The van der Waals surface area contributed by atoms with Gasteiger partial charge in [0.15, 0.2) is 15.6 Å². The number of Topliss-reactive ketones (excluding diaryl/α,β-unsaturated/α-hetero) is 1. The number of carbonyl (C=O) groups excluding carboxylic acids is 1. The van der Waals surface area contributed by atoms with Gasteiger partial charge >= 0.3 is 0 Å². The monoisotopic (exact) mass is 455 g/mol. The zero-order valence-corrected chi connectivity index (χ0v) is 19.2. The number of benzene rings is 1. The first-order valence-electron chi connectivity index (χ1n) is 10.6. The Morgan fingerprint density at radius 3 is 2.56 bits per heavy atom. The van der Waals surface area contributed by atoms with E-state index in [9.17, 15) is 17.6 Å². The van der Waals surface area contributed by atoms with Crippen LogP contribution in [0.15, 0.2) is 48.8 Å². The highest BCUT2D eigenvalue weighted by Gasteiger charge is 2.40. The Kier molecular flexibility index (Phi) is 5.75. The summed E-state index contributed by atoms with van der Waals surface area (Å²) >= 11 is 0. The molecule has 0 spiro atoms. The lowest BCUT2D eigenvalue weighted by molar-refractivity contribution is 0.0934. The lowest BCUT2D eigenvalue weighted by Crippen LogP contribution is -2.22. The summed E-state index contributed by atoms with van der Waals surface area (Å²) in [6.07, 6.45) is 4.10. The first-order chi connectivity index (χ1) is 15.1. The van der Waals surface area contributed by atoms with Crippen LogP contribution in [0.1, 0.15) is 55.7 Å². The van der Waals surface area contributed by atoms with Crippen molar-refractivity contribution in [2.75, 3.05) is 11.5 Å². The Balaban J connectivity index is 1.77. The average Bonchev–Trinajstić information content (AvgIpc) is 3.32. The normalized spacial score (nSPS) is 20.0. The SMILES string of the molecule is CC(C)c1nccn1-c1cc(C(=O)CC2(C)CCS(=O)(=O)C2)cc(-c2ccc(F)cc2)n1. The Hall–Kier alpha value is -2.87. The van der Waals surface area contributed by atoms with E-state index in [1.165, 1.54) is 12.1 Å². The smallest absolute Gasteiger partial charge is 0.163 e. The average molecular weight is 456 g/mol. The van der Waals surface area contributed by atoms with Crippen LogP contribution in [0.5, 0.6) is 0 Å². The van der Waals surface area contributed by atoms with E-state index in [4.69, 9.17) is 4.98 Å². The number of pyridine rings is 1. The fourth-order valence-electron chi connectivity index (χ4n) is 4.21. The molecule has 0 saturated carbocycles. The van der Waals surface area contributed by atoms with E-state index in [2.05, 4.69) is 4.98 Å². The maximum atomic E-state index is 13.5. The molecule has 2 aromatic heterocycles. The number of carbonyl (C=O) groups is 1. The lowest BCUT2D eigenvalue weighted by Gasteiger charge is -2.21. The van der Waals surface area contributed by atoms with E-state index >= 15 is 0 Å². The van der Waals surface area contributed by atoms with Crippen molar-refractivity contribution in [3.8, 4) is 17.1 Å². The summed E-state index contributed by atoms with van der Waals surface area (Å²) in [5.74, 6) is 1.14. The number of sulfone groups is 1. The predicted molar refractivity (Wildman–Crippen MR) is 121 cm³/mol. The number of ketones is 1. The summed E-state index contributed by atoms with van der Waals surface area (Å²) < 4.78 is 39.3. The van der Waals surface area contributed by atoms with Crippen molar-refractivity contribution in [2.45, 2.75) is 39.5 Å². The summed E-state index contributed by atoms with van der Waals surface area (Å²) in [6, 6.07) is 9.36. The van der Waals surface area contributed by atoms with Crippen molar-refractivity contribution in [2.24, 2.45) is 5.41 Å². The summed E-state index contributed by atoms with van der Waals surface area (Å²) in [5, 5.41) is 0. The van der Waals surface area contributed by atoms with E-state index in [1.54, 1.807) is 36.7 Å². The number of hydrogen-bond donors (Lipinski definition) is 0. The molecule has 1 fully saturated rings. The van der Waals surface area contributed by atoms with Crippen LogP contribution in [0.3, 0.4) is 0 Å². The van der Waals surface area contributed by atoms with Crippen LogP contribution in [0.4, 0.5) is 4.39 Å². The molecule has 0 N–H and O–H groups in total. The third-order valence-corrected chi connectivity index (χ3v) is 7.84. The summed E-state index contributed by atoms with van der Waals surface area (Å²) in [7, 11) is -3.11. The molecule has 0 radical (unpaired) electrons.